The monoisotopic (exact) mass is 293 g/mol. The largest absolute Gasteiger partial charge is 0.481 e. The van der Waals surface area contributed by atoms with Crippen LogP contribution in [0.1, 0.15) is 32.3 Å². The SMILES string of the molecule is CC(C)(C)OC(=O)N1C[C@@H](C(=O)O)[C@H](c2cncnc2)C1. The van der Waals surface area contributed by atoms with Gasteiger partial charge in [0.05, 0.1) is 5.92 Å². The number of carboxylic acids is 1. The van der Waals surface area contributed by atoms with Crippen molar-refractivity contribution in [3.63, 3.8) is 0 Å². The van der Waals surface area contributed by atoms with Crippen LogP contribution in [0.5, 0.6) is 0 Å². The molecule has 0 aliphatic carbocycles. The second kappa shape index (κ2) is 5.67. The van der Waals surface area contributed by atoms with Crippen LogP contribution in [-0.4, -0.2) is 50.7 Å². The summed E-state index contributed by atoms with van der Waals surface area (Å²) in [6.07, 6.45) is 4.08. The maximum absolute atomic E-state index is 12.1. The number of likely N-dealkylation sites (tertiary alicyclic amines) is 1. The van der Waals surface area contributed by atoms with Crippen LogP contribution in [0.2, 0.25) is 0 Å². The summed E-state index contributed by atoms with van der Waals surface area (Å²) >= 11 is 0. The minimum Gasteiger partial charge on any atom is -0.481 e. The summed E-state index contributed by atoms with van der Waals surface area (Å²) in [5.74, 6) is -1.94. The number of ether oxygens (including phenoxy) is 1. The Kier molecular flexibility index (Phi) is 4.11. The number of rotatable bonds is 2. The highest BCUT2D eigenvalue weighted by atomic mass is 16.6. The van der Waals surface area contributed by atoms with E-state index in [0.29, 0.717) is 6.54 Å². The van der Waals surface area contributed by atoms with E-state index in [1.165, 1.54) is 11.2 Å². The van der Waals surface area contributed by atoms with Gasteiger partial charge in [-0.25, -0.2) is 14.8 Å². The second-order valence-corrected chi connectivity index (χ2v) is 6.11. The van der Waals surface area contributed by atoms with Gasteiger partial charge in [0, 0.05) is 31.4 Å². The van der Waals surface area contributed by atoms with Gasteiger partial charge in [-0.2, -0.15) is 0 Å². The molecule has 1 aliphatic rings. The van der Waals surface area contributed by atoms with Crippen molar-refractivity contribution >= 4 is 12.1 Å². The molecule has 114 valence electrons. The van der Waals surface area contributed by atoms with E-state index in [0.717, 1.165) is 5.56 Å². The van der Waals surface area contributed by atoms with Gasteiger partial charge in [-0.1, -0.05) is 0 Å². The van der Waals surface area contributed by atoms with Gasteiger partial charge < -0.3 is 14.7 Å². The molecule has 1 aliphatic heterocycles. The van der Waals surface area contributed by atoms with E-state index in [9.17, 15) is 14.7 Å². The topological polar surface area (TPSA) is 92.6 Å². The van der Waals surface area contributed by atoms with Crippen molar-refractivity contribution in [1.82, 2.24) is 14.9 Å². The lowest BCUT2D eigenvalue weighted by Crippen LogP contribution is -2.35. The molecule has 7 nitrogen and oxygen atoms in total. The number of nitrogens with zero attached hydrogens (tertiary/aromatic N) is 3. The lowest BCUT2D eigenvalue weighted by molar-refractivity contribution is -0.141. The predicted octanol–water partition coefficient (Wildman–Crippen LogP) is 1.51. The normalized spacial score (nSPS) is 22.1. The molecule has 1 amide bonds. The summed E-state index contributed by atoms with van der Waals surface area (Å²) in [6.45, 7) is 5.75. The second-order valence-electron chi connectivity index (χ2n) is 6.11. The molecular formula is C14H19N3O4. The average molecular weight is 293 g/mol. The maximum atomic E-state index is 12.1. The van der Waals surface area contributed by atoms with Gasteiger partial charge in [-0.3, -0.25) is 4.79 Å². The Morgan fingerprint density at radius 1 is 1.29 bits per heavy atom. The van der Waals surface area contributed by atoms with Gasteiger partial charge in [0.1, 0.15) is 11.9 Å². The van der Waals surface area contributed by atoms with Crippen molar-refractivity contribution in [3.05, 3.63) is 24.3 Å². The summed E-state index contributed by atoms with van der Waals surface area (Å²) in [6, 6.07) is 0. The molecule has 0 spiro atoms. The van der Waals surface area contributed by atoms with Gasteiger partial charge in [0.25, 0.3) is 0 Å². The summed E-state index contributed by atoms with van der Waals surface area (Å²) in [4.78, 5) is 32.8. The molecule has 1 aromatic heterocycles. The van der Waals surface area contributed by atoms with E-state index in [2.05, 4.69) is 9.97 Å². The third kappa shape index (κ3) is 3.68. The molecule has 0 saturated carbocycles. The minimum absolute atomic E-state index is 0.129. The lowest BCUT2D eigenvalue weighted by Gasteiger charge is -2.24. The van der Waals surface area contributed by atoms with Gasteiger partial charge in [0.15, 0.2) is 0 Å². The highest BCUT2D eigenvalue weighted by molar-refractivity contribution is 5.75. The van der Waals surface area contributed by atoms with Crippen molar-refractivity contribution in [3.8, 4) is 0 Å². The van der Waals surface area contributed by atoms with Crippen LogP contribution in [0.15, 0.2) is 18.7 Å². The number of aromatic nitrogens is 2. The third-order valence-electron chi connectivity index (χ3n) is 3.30. The zero-order valence-electron chi connectivity index (χ0n) is 12.3. The maximum Gasteiger partial charge on any atom is 0.410 e. The number of carbonyl (C=O) groups is 2. The Morgan fingerprint density at radius 2 is 1.90 bits per heavy atom. The first-order valence-electron chi connectivity index (χ1n) is 6.73. The third-order valence-corrected chi connectivity index (χ3v) is 3.30. The van der Waals surface area contributed by atoms with Crippen molar-refractivity contribution in [2.45, 2.75) is 32.3 Å². The van der Waals surface area contributed by atoms with Crippen LogP contribution >= 0.6 is 0 Å². The molecule has 0 bridgehead atoms. The molecule has 2 heterocycles. The summed E-state index contributed by atoms with van der Waals surface area (Å²) in [5, 5.41) is 9.36. The van der Waals surface area contributed by atoms with E-state index in [-0.39, 0.29) is 12.5 Å². The molecule has 7 heteroatoms. The van der Waals surface area contributed by atoms with Crippen LogP contribution in [0.25, 0.3) is 0 Å². The standard InChI is InChI=1S/C14H19N3O4/c1-14(2,3)21-13(20)17-6-10(11(7-17)12(18)19)9-4-15-8-16-5-9/h4-5,8,10-11H,6-7H2,1-3H3,(H,18,19)/t10-,11+/m0/s1. The number of carbonyl (C=O) groups excluding carboxylic acids is 1. The number of amides is 1. The zero-order chi connectivity index (χ0) is 15.6. The van der Waals surface area contributed by atoms with Crippen LogP contribution in [0.3, 0.4) is 0 Å². The lowest BCUT2D eigenvalue weighted by atomic mass is 9.91. The Hall–Kier alpha value is -2.18. The predicted molar refractivity (Wildman–Crippen MR) is 73.7 cm³/mol. The molecule has 1 aromatic rings. The van der Waals surface area contributed by atoms with E-state index in [4.69, 9.17) is 4.74 Å². The average Bonchev–Trinajstić information content (AvgIpc) is 2.83. The molecule has 2 rings (SSSR count). The Bertz CT molecular complexity index is 527. The van der Waals surface area contributed by atoms with Crippen molar-refractivity contribution < 1.29 is 19.4 Å². The van der Waals surface area contributed by atoms with E-state index in [1.54, 1.807) is 33.2 Å². The molecule has 0 aromatic carbocycles. The van der Waals surface area contributed by atoms with Crippen LogP contribution in [0, 0.1) is 5.92 Å². The van der Waals surface area contributed by atoms with Crippen molar-refractivity contribution in [2.24, 2.45) is 5.92 Å². The molecule has 0 radical (unpaired) electrons. The quantitative estimate of drug-likeness (QED) is 0.888. The van der Waals surface area contributed by atoms with Crippen LogP contribution in [-0.2, 0) is 9.53 Å². The fraction of sp³-hybridized carbons (Fsp3) is 0.571. The molecule has 1 fully saturated rings. The van der Waals surface area contributed by atoms with Gasteiger partial charge in [-0.15, -0.1) is 0 Å². The fourth-order valence-electron chi connectivity index (χ4n) is 2.37. The number of aliphatic carboxylic acids is 1. The first kappa shape index (κ1) is 15.2. The van der Waals surface area contributed by atoms with E-state index in [1.807, 2.05) is 0 Å². The molecule has 0 unspecified atom stereocenters. The molecule has 1 N–H and O–H groups in total. The first-order chi connectivity index (χ1) is 9.78. The highest BCUT2D eigenvalue weighted by Crippen LogP contribution is 2.33. The van der Waals surface area contributed by atoms with Gasteiger partial charge in [0.2, 0.25) is 0 Å². The summed E-state index contributed by atoms with van der Waals surface area (Å²) in [7, 11) is 0. The van der Waals surface area contributed by atoms with Gasteiger partial charge >= 0.3 is 12.1 Å². The Morgan fingerprint density at radius 3 is 2.43 bits per heavy atom. The van der Waals surface area contributed by atoms with Crippen molar-refractivity contribution in [2.75, 3.05) is 13.1 Å². The van der Waals surface area contributed by atoms with E-state index >= 15 is 0 Å². The van der Waals surface area contributed by atoms with Crippen LogP contribution < -0.4 is 0 Å². The Balaban J connectivity index is 2.16. The fourth-order valence-corrected chi connectivity index (χ4v) is 2.37. The van der Waals surface area contributed by atoms with Gasteiger partial charge in [-0.05, 0) is 26.3 Å². The number of hydrogen-bond donors (Lipinski definition) is 1. The van der Waals surface area contributed by atoms with Crippen LogP contribution in [0.4, 0.5) is 4.79 Å². The molecule has 2 atom stereocenters. The summed E-state index contributed by atoms with van der Waals surface area (Å²) < 4.78 is 5.30. The first-order valence-corrected chi connectivity index (χ1v) is 6.73. The van der Waals surface area contributed by atoms with E-state index < -0.39 is 23.6 Å². The molecule has 1 saturated heterocycles. The minimum atomic E-state index is -0.935. The number of hydrogen-bond acceptors (Lipinski definition) is 5. The smallest absolute Gasteiger partial charge is 0.410 e. The molecular weight excluding hydrogens is 274 g/mol. The Labute approximate surface area is 123 Å². The zero-order valence-corrected chi connectivity index (χ0v) is 12.3. The number of carboxylic acid groups (broad SMARTS) is 1. The highest BCUT2D eigenvalue weighted by Gasteiger charge is 2.42. The summed E-state index contributed by atoms with van der Waals surface area (Å²) in [5.41, 5.74) is 0.111. The van der Waals surface area contributed by atoms with Crippen molar-refractivity contribution in [1.29, 1.82) is 0 Å². The molecule has 21 heavy (non-hydrogen) atoms.